The molecule has 6 heteroatoms. The van der Waals surface area contributed by atoms with Crippen LogP contribution in [0.5, 0.6) is 0 Å². The van der Waals surface area contributed by atoms with E-state index in [1.807, 2.05) is 24.3 Å². The molecule has 0 spiro atoms. The molecule has 0 bridgehead atoms. The smallest absolute Gasteiger partial charge is 0.245 e. The van der Waals surface area contributed by atoms with Crippen LogP contribution in [-0.2, 0) is 14.3 Å². The highest BCUT2D eigenvalue weighted by Gasteiger charge is 2.32. The van der Waals surface area contributed by atoms with Crippen LogP contribution in [0.25, 0.3) is 0 Å². The van der Waals surface area contributed by atoms with E-state index in [1.165, 1.54) is 0 Å². The fourth-order valence-corrected chi connectivity index (χ4v) is 3.17. The summed E-state index contributed by atoms with van der Waals surface area (Å²) in [6.07, 6.45) is 1.82. The number of rotatable bonds is 2. The molecule has 2 aliphatic heterocycles. The summed E-state index contributed by atoms with van der Waals surface area (Å²) in [6.45, 7) is 1.54. The topological polar surface area (TPSA) is 58.6 Å². The fraction of sp³-hybridized carbons (Fsp3) is 0.500. The van der Waals surface area contributed by atoms with E-state index in [9.17, 15) is 9.59 Å². The second kappa shape index (κ2) is 6.67. The van der Waals surface area contributed by atoms with Crippen molar-refractivity contribution in [1.29, 1.82) is 0 Å². The molecule has 118 valence electrons. The van der Waals surface area contributed by atoms with Crippen LogP contribution in [-0.4, -0.2) is 42.5 Å². The second-order valence-corrected chi connectivity index (χ2v) is 6.15. The number of carbonyl (C=O) groups is 2. The molecule has 1 unspecified atom stereocenters. The van der Waals surface area contributed by atoms with Gasteiger partial charge in [-0.15, -0.1) is 0 Å². The number of amides is 2. The molecule has 2 saturated heterocycles. The predicted molar refractivity (Wildman–Crippen MR) is 82.5 cm³/mol. The first-order valence-electron chi connectivity index (χ1n) is 7.59. The van der Waals surface area contributed by atoms with Gasteiger partial charge in [0.25, 0.3) is 0 Å². The molecule has 1 aromatic rings. The normalized spacial score (nSPS) is 25.7. The quantitative estimate of drug-likeness (QED) is 0.905. The Kier molecular flexibility index (Phi) is 4.64. The highest BCUT2D eigenvalue weighted by molar-refractivity contribution is 6.30. The van der Waals surface area contributed by atoms with Crippen molar-refractivity contribution in [3.63, 3.8) is 0 Å². The number of hydrogen-bond donors (Lipinski definition) is 1. The number of benzene rings is 1. The van der Waals surface area contributed by atoms with Gasteiger partial charge in [-0.2, -0.15) is 0 Å². The van der Waals surface area contributed by atoms with Gasteiger partial charge in [0.15, 0.2) is 0 Å². The van der Waals surface area contributed by atoms with E-state index < -0.39 is 0 Å². The Morgan fingerprint density at radius 1 is 1.41 bits per heavy atom. The Morgan fingerprint density at radius 2 is 2.27 bits per heavy atom. The maximum absolute atomic E-state index is 12.6. The molecule has 0 aromatic heterocycles. The molecule has 2 amide bonds. The summed E-state index contributed by atoms with van der Waals surface area (Å²) in [6, 6.07) is 7.12. The van der Waals surface area contributed by atoms with E-state index in [4.69, 9.17) is 16.3 Å². The predicted octanol–water partition coefficient (Wildman–Crippen LogP) is 1.91. The van der Waals surface area contributed by atoms with E-state index in [2.05, 4.69) is 5.32 Å². The molecule has 2 atom stereocenters. The minimum absolute atomic E-state index is 0.0108. The summed E-state index contributed by atoms with van der Waals surface area (Å²) >= 11 is 6.02. The Hall–Kier alpha value is -1.59. The molecule has 2 fully saturated rings. The van der Waals surface area contributed by atoms with Crippen LogP contribution in [0.1, 0.15) is 30.9 Å². The lowest BCUT2D eigenvalue weighted by molar-refractivity contribution is -0.144. The summed E-state index contributed by atoms with van der Waals surface area (Å²) in [5.74, 6) is -0.0485. The van der Waals surface area contributed by atoms with Crippen LogP contribution in [0.2, 0.25) is 5.02 Å². The van der Waals surface area contributed by atoms with E-state index in [0.717, 1.165) is 12.0 Å². The van der Waals surface area contributed by atoms with Crippen molar-refractivity contribution in [3.05, 3.63) is 34.9 Å². The lowest BCUT2D eigenvalue weighted by Crippen LogP contribution is -2.53. The lowest BCUT2D eigenvalue weighted by atomic mass is 10.0. The number of ether oxygens (including phenoxy) is 1. The summed E-state index contributed by atoms with van der Waals surface area (Å²) in [4.78, 5) is 25.8. The average Bonchev–Trinajstić information content (AvgIpc) is 2.54. The van der Waals surface area contributed by atoms with Crippen molar-refractivity contribution in [2.45, 2.75) is 31.4 Å². The maximum atomic E-state index is 12.6. The molecule has 3 rings (SSSR count). The molecule has 2 aliphatic rings. The van der Waals surface area contributed by atoms with Gasteiger partial charge in [-0.25, -0.2) is 0 Å². The number of piperidine rings is 1. The first-order chi connectivity index (χ1) is 10.6. The van der Waals surface area contributed by atoms with E-state index >= 15 is 0 Å². The molecule has 0 aliphatic carbocycles. The molecule has 5 nitrogen and oxygen atoms in total. The standard InChI is InChI=1S/C16H19ClN2O3/c17-12-4-1-3-11(9-12)14-10-19(7-8-22-14)16(21)13-5-2-6-15(20)18-13/h1,3-4,9,13-14H,2,5-8,10H2,(H,18,20)/t13-,14?/m1/s1. The zero-order chi connectivity index (χ0) is 15.5. The SMILES string of the molecule is O=C1CCC[C@H](C(=O)N2CCOC(c3cccc(Cl)c3)C2)N1. The second-order valence-electron chi connectivity index (χ2n) is 5.71. The molecule has 1 N–H and O–H groups in total. The van der Waals surface area contributed by atoms with Gasteiger partial charge >= 0.3 is 0 Å². The Balaban J connectivity index is 1.67. The van der Waals surface area contributed by atoms with E-state index in [1.54, 1.807) is 4.90 Å². The Labute approximate surface area is 134 Å². The van der Waals surface area contributed by atoms with Crippen LogP contribution >= 0.6 is 11.6 Å². The molecule has 2 heterocycles. The number of halogens is 1. The molecule has 0 saturated carbocycles. The molecular weight excluding hydrogens is 304 g/mol. The van der Waals surface area contributed by atoms with Gasteiger partial charge in [-0.3, -0.25) is 9.59 Å². The minimum Gasteiger partial charge on any atom is -0.370 e. The largest absolute Gasteiger partial charge is 0.370 e. The van der Waals surface area contributed by atoms with Crippen molar-refractivity contribution in [2.24, 2.45) is 0 Å². The van der Waals surface area contributed by atoms with Crippen LogP contribution in [0.3, 0.4) is 0 Å². The van der Waals surface area contributed by atoms with Crippen LogP contribution < -0.4 is 5.32 Å². The molecular formula is C16H19ClN2O3. The first-order valence-corrected chi connectivity index (χ1v) is 7.96. The maximum Gasteiger partial charge on any atom is 0.245 e. The third-order valence-corrected chi connectivity index (χ3v) is 4.36. The van der Waals surface area contributed by atoms with Crippen molar-refractivity contribution in [2.75, 3.05) is 19.7 Å². The molecule has 1 aromatic carbocycles. The van der Waals surface area contributed by atoms with Gasteiger partial charge in [0.05, 0.1) is 13.2 Å². The Morgan fingerprint density at radius 3 is 3.05 bits per heavy atom. The highest BCUT2D eigenvalue weighted by atomic mass is 35.5. The van der Waals surface area contributed by atoms with Crippen LogP contribution in [0, 0.1) is 0 Å². The van der Waals surface area contributed by atoms with E-state index in [-0.39, 0.29) is 24.0 Å². The van der Waals surface area contributed by atoms with E-state index in [0.29, 0.717) is 37.6 Å². The van der Waals surface area contributed by atoms with Gasteiger partial charge in [0.1, 0.15) is 12.1 Å². The third kappa shape index (κ3) is 3.42. The summed E-state index contributed by atoms with van der Waals surface area (Å²) in [7, 11) is 0. The summed E-state index contributed by atoms with van der Waals surface area (Å²) in [5, 5.41) is 3.44. The van der Waals surface area contributed by atoms with Crippen molar-refractivity contribution in [1.82, 2.24) is 10.2 Å². The fourth-order valence-electron chi connectivity index (χ4n) is 2.97. The van der Waals surface area contributed by atoms with Crippen molar-refractivity contribution >= 4 is 23.4 Å². The number of nitrogens with one attached hydrogen (secondary N) is 1. The number of carbonyl (C=O) groups excluding carboxylic acids is 2. The van der Waals surface area contributed by atoms with Crippen LogP contribution in [0.4, 0.5) is 0 Å². The lowest BCUT2D eigenvalue weighted by Gasteiger charge is -2.36. The average molecular weight is 323 g/mol. The van der Waals surface area contributed by atoms with Crippen molar-refractivity contribution in [3.8, 4) is 0 Å². The number of morpholine rings is 1. The van der Waals surface area contributed by atoms with Gasteiger partial charge in [0.2, 0.25) is 11.8 Å². The molecule has 0 radical (unpaired) electrons. The number of hydrogen-bond acceptors (Lipinski definition) is 3. The zero-order valence-electron chi connectivity index (χ0n) is 12.3. The van der Waals surface area contributed by atoms with Crippen molar-refractivity contribution < 1.29 is 14.3 Å². The van der Waals surface area contributed by atoms with Gasteiger partial charge in [-0.05, 0) is 30.5 Å². The molecule has 22 heavy (non-hydrogen) atoms. The van der Waals surface area contributed by atoms with Gasteiger partial charge < -0.3 is 15.0 Å². The summed E-state index contributed by atoms with van der Waals surface area (Å²) < 4.78 is 5.77. The zero-order valence-corrected chi connectivity index (χ0v) is 13.0. The number of nitrogens with zero attached hydrogens (tertiary/aromatic N) is 1. The van der Waals surface area contributed by atoms with Gasteiger partial charge in [-0.1, -0.05) is 23.7 Å². The third-order valence-electron chi connectivity index (χ3n) is 4.13. The van der Waals surface area contributed by atoms with Gasteiger partial charge in [0, 0.05) is 18.0 Å². The van der Waals surface area contributed by atoms with Crippen LogP contribution in [0.15, 0.2) is 24.3 Å². The highest BCUT2D eigenvalue weighted by Crippen LogP contribution is 2.25. The first kappa shape index (κ1) is 15.3. The Bertz CT molecular complexity index is 578. The minimum atomic E-state index is -0.389. The summed E-state index contributed by atoms with van der Waals surface area (Å²) in [5.41, 5.74) is 0.970. The monoisotopic (exact) mass is 322 g/mol.